The van der Waals surface area contributed by atoms with Crippen molar-refractivity contribution in [1.82, 2.24) is 4.90 Å². The maximum Gasteiger partial charge on any atom is 0.227 e. The zero-order valence-electron chi connectivity index (χ0n) is 12.2. The molecule has 0 N–H and O–H groups in total. The maximum absolute atomic E-state index is 12.3. The molecule has 0 aromatic heterocycles. The number of hydrogen-bond acceptors (Lipinski definition) is 1. The van der Waals surface area contributed by atoms with Gasteiger partial charge in [-0.2, -0.15) is 0 Å². The number of fused-ring (bicyclic) bond motifs is 3. The lowest BCUT2D eigenvalue weighted by Crippen LogP contribution is -2.49. The number of benzene rings is 1. The molecule has 1 amide bonds. The topological polar surface area (TPSA) is 20.3 Å². The number of nitrogens with zero attached hydrogens (tertiary/aromatic N) is 1. The molecular formula is C17H20ClNO. The highest BCUT2D eigenvalue weighted by Crippen LogP contribution is 2.47. The van der Waals surface area contributed by atoms with Gasteiger partial charge in [0.2, 0.25) is 5.91 Å². The van der Waals surface area contributed by atoms with Gasteiger partial charge in [-0.1, -0.05) is 23.7 Å². The van der Waals surface area contributed by atoms with Gasteiger partial charge in [-0.15, -0.1) is 0 Å². The van der Waals surface area contributed by atoms with Crippen molar-refractivity contribution in [3.05, 3.63) is 46.1 Å². The number of halogens is 1. The molecule has 3 rings (SSSR count). The fourth-order valence-corrected chi connectivity index (χ4v) is 3.84. The van der Waals surface area contributed by atoms with Gasteiger partial charge in [-0.05, 0) is 56.9 Å². The molecule has 1 saturated heterocycles. The van der Waals surface area contributed by atoms with Crippen molar-refractivity contribution in [2.75, 3.05) is 0 Å². The van der Waals surface area contributed by atoms with Crippen molar-refractivity contribution < 1.29 is 4.79 Å². The van der Waals surface area contributed by atoms with E-state index in [-0.39, 0.29) is 17.4 Å². The Morgan fingerprint density at radius 1 is 1.35 bits per heavy atom. The summed E-state index contributed by atoms with van der Waals surface area (Å²) < 4.78 is 0. The van der Waals surface area contributed by atoms with Gasteiger partial charge >= 0.3 is 0 Å². The maximum atomic E-state index is 12.3. The van der Waals surface area contributed by atoms with E-state index in [0.717, 1.165) is 17.9 Å². The molecule has 0 unspecified atom stereocenters. The summed E-state index contributed by atoms with van der Waals surface area (Å²) in [5.41, 5.74) is 3.74. The van der Waals surface area contributed by atoms with Crippen molar-refractivity contribution in [1.29, 1.82) is 0 Å². The van der Waals surface area contributed by atoms with Crippen LogP contribution in [0.25, 0.3) is 0 Å². The highest BCUT2D eigenvalue weighted by Gasteiger charge is 2.44. The fraction of sp³-hybridized carbons (Fsp3) is 0.471. The Morgan fingerprint density at radius 3 is 2.80 bits per heavy atom. The molecule has 2 aliphatic rings. The van der Waals surface area contributed by atoms with Crippen LogP contribution >= 0.6 is 11.6 Å². The lowest BCUT2D eigenvalue weighted by Gasteiger charge is -2.47. The van der Waals surface area contributed by atoms with Gasteiger partial charge in [-0.3, -0.25) is 4.79 Å². The van der Waals surface area contributed by atoms with Crippen LogP contribution in [-0.2, 0) is 16.6 Å². The van der Waals surface area contributed by atoms with Crippen LogP contribution in [0.15, 0.2) is 30.0 Å². The Kier molecular flexibility index (Phi) is 3.17. The van der Waals surface area contributed by atoms with E-state index in [4.69, 9.17) is 11.6 Å². The Hall–Kier alpha value is -1.28. The molecule has 0 saturated carbocycles. The third kappa shape index (κ3) is 1.89. The fourth-order valence-electron chi connectivity index (χ4n) is 3.64. The van der Waals surface area contributed by atoms with Gasteiger partial charge in [0.25, 0.3) is 0 Å². The lowest BCUT2D eigenvalue weighted by atomic mass is 9.67. The Morgan fingerprint density at radius 2 is 2.10 bits per heavy atom. The standard InChI is InChI=1S/C17H20ClNO/c1-11(2)19-15-7-4-12-10-13(18)5-6-14(12)17(15,3)9-8-16(19)20/h5-7,10-11H,4,8-9H2,1-3H3/t17-/m1/s1. The Balaban J connectivity index is 2.13. The minimum absolute atomic E-state index is 0.0592. The van der Waals surface area contributed by atoms with E-state index >= 15 is 0 Å². The zero-order valence-corrected chi connectivity index (χ0v) is 13.0. The lowest BCUT2D eigenvalue weighted by molar-refractivity contribution is -0.133. The number of carbonyl (C=O) groups is 1. The second-order valence-electron chi connectivity index (χ2n) is 6.28. The van der Waals surface area contributed by atoms with Crippen LogP contribution in [0, 0.1) is 0 Å². The Bertz CT molecular complexity index is 605. The average Bonchev–Trinajstić information content (AvgIpc) is 2.38. The summed E-state index contributed by atoms with van der Waals surface area (Å²) in [7, 11) is 0. The smallest absolute Gasteiger partial charge is 0.227 e. The van der Waals surface area contributed by atoms with Crippen LogP contribution in [0.5, 0.6) is 0 Å². The third-order valence-corrected chi connectivity index (χ3v) is 4.86. The molecule has 106 valence electrons. The van der Waals surface area contributed by atoms with Crippen molar-refractivity contribution in [2.45, 2.75) is 51.5 Å². The predicted octanol–water partition coefficient (Wildman–Crippen LogP) is 4.07. The number of hydrogen-bond donors (Lipinski definition) is 0. The minimum Gasteiger partial charge on any atom is -0.313 e. The normalized spacial score (nSPS) is 25.4. The monoisotopic (exact) mass is 289 g/mol. The summed E-state index contributed by atoms with van der Waals surface area (Å²) >= 11 is 6.11. The van der Waals surface area contributed by atoms with Gasteiger partial charge in [0.1, 0.15) is 0 Å². The van der Waals surface area contributed by atoms with Crippen LogP contribution in [0.4, 0.5) is 0 Å². The zero-order chi connectivity index (χ0) is 14.5. The highest BCUT2D eigenvalue weighted by atomic mass is 35.5. The van der Waals surface area contributed by atoms with Gasteiger partial charge in [0.15, 0.2) is 0 Å². The summed E-state index contributed by atoms with van der Waals surface area (Å²) in [5, 5.41) is 0.789. The second-order valence-corrected chi connectivity index (χ2v) is 6.72. The van der Waals surface area contributed by atoms with Gasteiger partial charge in [-0.25, -0.2) is 0 Å². The van der Waals surface area contributed by atoms with Crippen LogP contribution in [-0.4, -0.2) is 16.8 Å². The summed E-state index contributed by atoms with van der Waals surface area (Å²) in [5.74, 6) is 0.251. The molecule has 0 spiro atoms. The Labute approximate surface area is 125 Å². The van der Waals surface area contributed by atoms with Crippen LogP contribution in [0.3, 0.4) is 0 Å². The van der Waals surface area contributed by atoms with Gasteiger partial charge < -0.3 is 4.90 Å². The summed E-state index contributed by atoms with van der Waals surface area (Å²) in [4.78, 5) is 14.3. The average molecular weight is 290 g/mol. The van der Waals surface area contributed by atoms with Crippen LogP contribution in [0.2, 0.25) is 5.02 Å². The minimum atomic E-state index is -0.0592. The molecule has 0 bridgehead atoms. The number of carbonyl (C=O) groups excluding carboxylic acids is 1. The van der Waals surface area contributed by atoms with Crippen molar-refractivity contribution in [3.63, 3.8) is 0 Å². The molecular weight excluding hydrogens is 270 g/mol. The van der Waals surface area contributed by atoms with E-state index in [0.29, 0.717) is 6.42 Å². The van der Waals surface area contributed by atoms with Crippen molar-refractivity contribution in [2.24, 2.45) is 0 Å². The number of piperidine rings is 1. The quantitative estimate of drug-likeness (QED) is 0.763. The molecule has 1 aromatic rings. The molecule has 0 radical (unpaired) electrons. The van der Waals surface area contributed by atoms with Crippen LogP contribution < -0.4 is 0 Å². The SMILES string of the molecule is CC(C)N1C(=O)CC[C@@]2(C)C1=CCc1cc(Cl)ccc12. The molecule has 1 aromatic carbocycles. The molecule has 3 heteroatoms. The first-order valence-electron chi connectivity index (χ1n) is 7.25. The summed E-state index contributed by atoms with van der Waals surface area (Å²) in [6.45, 7) is 6.43. The summed E-state index contributed by atoms with van der Waals surface area (Å²) in [6.07, 6.45) is 4.58. The number of likely N-dealkylation sites (tertiary alicyclic amines) is 1. The molecule has 20 heavy (non-hydrogen) atoms. The predicted molar refractivity (Wildman–Crippen MR) is 81.8 cm³/mol. The molecule has 1 aliphatic heterocycles. The molecule has 1 fully saturated rings. The molecule has 1 aliphatic carbocycles. The van der Waals surface area contributed by atoms with Crippen LogP contribution in [0.1, 0.15) is 44.7 Å². The van der Waals surface area contributed by atoms with E-state index in [2.05, 4.69) is 39.0 Å². The number of allylic oxidation sites excluding steroid dienone is 2. The van der Waals surface area contributed by atoms with Gasteiger partial charge in [0.05, 0.1) is 0 Å². The van der Waals surface area contributed by atoms with E-state index in [1.54, 1.807) is 0 Å². The van der Waals surface area contributed by atoms with E-state index in [9.17, 15) is 4.79 Å². The van der Waals surface area contributed by atoms with Crippen molar-refractivity contribution >= 4 is 17.5 Å². The summed E-state index contributed by atoms with van der Waals surface area (Å²) in [6, 6.07) is 6.37. The van der Waals surface area contributed by atoms with Crippen molar-refractivity contribution in [3.8, 4) is 0 Å². The first kappa shape index (κ1) is 13.7. The largest absolute Gasteiger partial charge is 0.313 e. The van der Waals surface area contributed by atoms with E-state index in [1.165, 1.54) is 16.8 Å². The highest BCUT2D eigenvalue weighted by molar-refractivity contribution is 6.30. The van der Waals surface area contributed by atoms with Gasteiger partial charge in [0, 0.05) is 28.6 Å². The number of rotatable bonds is 1. The van der Waals surface area contributed by atoms with E-state index in [1.807, 2.05) is 11.0 Å². The first-order valence-corrected chi connectivity index (χ1v) is 7.63. The number of amides is 1. The first-order chi connectivity index (χ1) is 9.43. The third-order valence-electron chi connectivity index (χ3n) is 4.63. The molecule has 1 atom stereocenters. The van der Waals surface area contributed by atoms with E-state index < -0.39 is 0 Å². The second kappa shape index (κ2) is 4.63. The molecule has 2 nitrogen and oxygen atoms in total. The molecule has 1 heterocycles.